The van der Waals surface area contributed by atoms with Gasteiger partial charge in [-0.05, 0) is 74.2 Å². The highest BCUT2D eigenvalue weighted by atomic mass is 16.5. The molecule has 0 saturated heterocycles. The molecule has 4 aliphatic rings. The second-order valence-corrected chi connectivity index (χ2v) is 9.98. The Hall–Kier alpha value is -2.27. The van der Waals surface area contributed by atoms with Gasteiger partial charge in [0.15, 0.2) is 23.4 Å². The number of ketones is 1. The van der Waals surface area contributed by atoms with Crippen molar-refractivity contribution in [1.29, 1.82) is 0 Å². The molecule has 2 unspecified atom stereocenters. The van der Waals surface area contributed by atoms with Gasteiger partial charge < -0.3 is 18.8 Å². The highest BCUT2D eigenvalue weighted by Crippen LogP contribution is 2.63. The van der Waals surface area contributed by atoms with E-state index in [0.717, 1.165) is 54.4 Å². The number of Topliss-reactive ketones (excluding diaryl/α,β-unsaturated/α-hetero) is 1. The molecule has 1 aromatic carbocycles. The van der Waals surface area contributed by atoms with Crippen molar-refractivity contribution in [2.45, 2.75) is 63.0 Å². The Morgan fingerprint density at radius 1 is 1.29 bits per heavy atom. The first-order valence-corrected chi connectivity index (χ1v) is 11.7. The van der Waals surface area contributed by atoms with Crippen molar-refractivity contribution in [3.05, 3.63) is 35.8 Å². The third kappa shape index (κ3) is 2.62. The van der Waals surface area contributed by atoms with Crippen molar-refractivity contribution in [2.24, 2.45) is 11.8 Å². The number of likely N-dealkylation sites (N-methyl/N-ethyl adjacent to an activating group) is 1. The van der Waals surface area contributed by atoms with Gasteiger partial charge in [-0.15, -0.1) is 0 Å². The number of rotatable bonds is 6. The number of benzene rings is 1. The predicted octanol–water partition coefficient (Wildman–Crippen LogP) is 4.61. The molecule has 2 aromatic rings. The molecular formula is C26H31NO4. The first-order chi connectivity index (χ1) is 15.1. The van der Waals surface area contributed by atoms with E-state index in [9.17, 15) is 4.79 Å². The minimum Gasteiger partial charge on any atom is -0.493 e. The van der Waals surface area contributed by atoms with Crippen LogP contribution in [0.25, 0.3) is 11.1 Å². The van der Waals surface area contributed by atoms with Gasteiger partial charge in [0.2, 0.25) is 0 Å². The first-order valence-electron chi connectivity index (χ1n) is 11.7. The summed E-state index contributed by atoms with van der Waals surface area (Å²) in [6, 6.07) is 4.52. The minimum absolute atomic E-state index is 0.248. The number of hydrogen-bond acceptors (Lipinski definition) is 5. The maximum atomic E-state index is 13.2. The fourth-order valence-electron chi connectivity index (χ4n) is 6.92. The maximum Gasteiger partial charge on any atom is 0.174 e. The van der Waals surface area contributed by atoms with Crippen molar-refractivity contribution in [1.82, 2.24) is 4.90 Å². The van der Waals surface area contributed by atoms with Gasteiger partial charge >= 0.3 is 0 Å². The summed E-state index contributed by atoms with van der Waals surface area (Å²) in [6.45, 7) is 3.39. The van der Waals surface area contributed by atoms with E-state index in [0.29, 0.717) is 18.4 Å². The average Bonchev–Trinajstić information content (AvgIpc) is 3.28. The lowest BCUT2D eigenvalue weighted by Gasteiger charge is -2.53. The summed E-state index contributed by atoms with van der Waals surface area (Å²) in [7, 11) is 3.98. The summed E-state index contributed by atoms with van der Waals surface area (Å²) < 4.78 is 17.8. The Morgan fingerprint density at radius 3 is 2.81 bits per heavy atom. The Labute approximate surface area is 183 Å². The molecular weight excluding hydrogens is 390 g/mol. The normalized spacial score (nSPS) is 31.0. The van der Waals surface area contributed by atoms with Crippen LogP contribution in [-0.2, 0) is 16.6 Å². The van der Waals surface area contributed by atoms with Crippen molar-refractivity contribution in [2.75, 3.05) is 20.7 Å². The summed E-state index contributed by atoms with van der Waals surface area (Å²) in [6.07, 6.45) is 9.29. The van der Waals surface area contributed by atoms with Crippen LogP contribution in [0, 0.1) is 11.8 Å². The maximum absolute atomic E-state index is 13.2. The van der Waals surface area contributed by atoms with Crippen LogP contribution in [0.3, 0.4) is 0 Å². The van der Waals surface area contributed by atoms with Crippen LogP contribution < -0.4 is 9.47 Å². The SMILES string of the molecule is CC[C@@]12c3c4c(-c5ccoc5)cc(OC)c3O[C@@H]1C(=O)CCC2C(N(C)CC1CC1)C4. The minimum atomic E-state index is -0.393. The summed E-state index contributed by atoms with van der Waals surface area (Å²) in [5.41, 5.74) is 4.51. The number of ether oxygens (including phenoxy) is 2. The molecule has 164 valence electrons. The predicted molar refractivity (Wildman–Crippen MR) is 118 cm³/mol. The Balaban J connectivity index is 1.59. The van der Waals surface area contributed by atoms with Gasteiger partial charge in [-0.25, -0.2) is 0 Å². The molecule has 5 nitrogen and oxygen atoms in total. The number of carbonyl (C=O) groups is 1. The molecule has 0 radical (unpaired) electrons. The molecule has 1 aromatic heterocycles. The Kier molecular flexibility index (Phi) is 4.30. The molecule has 0 N–H and O–H groups in total. The van der Waals surface area contributed by atoms with E-state index in [-0.39, 0.29) is 11.2 Å². The van der Waals surface area contributed by atoms with Crippen LogP contribution in [0.1, 0.15) is 50.2 Å². The van der Waals surface area contributed by atoms with E-state index in [1.54, 1.807) is 13.4 Å². The van der Waals surface area contributed by atoms with E-state index in [1.165, 1.54) is 24.0 Å². The molecule has 2 fully saturated rings. The lowest BCUT2D eigenvalue weighted by molar-refractivity contribution is -0.135. The van der Waals surface area contributed by atoms with Crippen LogP contribution in [0.15, 0.2) is 29.1 Å². The fourth-order valence-corrected chi connectivity index (χ4v) is 6.92. The fraction of sp³-hybridized carbons (Fsp3) is 0.577. The van der Waals surface area contributed by atoms with E-state index >= 15 is 0 Å². The third-order valence-electron chi connectivity index (χ3n) is 8.50. The zero-order valence-corrected chi connectivity index (χ0v) is 18.6. The molecule has 6 rings (SSSR count). The number of methoxy groups -OCH3 is 1. The summed E-state index contributed by atoms with van der Waals surface area (Å²) in [5, 5.41) is 0. The quantitative estimate of drug-likeness (QED) is 0.682. The standard InChI is InChI=1S/C26H31NO4/c1-4-26-19-7-8-21(28)25(26)31-24-22(29-3)12-17(16-9-10-30-14-16)18(23(24)26)11-20(19)27(2)13-15-5-6-15/h9-10,12,14-15,19-20,25H,4-8,11,13H2,1-3H3/t19?,20?,25-,26-/m1/s1. The van der Waals surface area contributed by atoms with E-state index < -0.39 is 6.10 Å². The van der Waals surface area contributed by atoms with E-state index in [2.05, 4.69) is 24.9 Å². The summed E-state index contributed by atoms with van der Waals surface area (Å²) in [5.74, 6) is 3.04. The monoisotopic (exact) mass is 421 g/mol. The van der Waals surface area contributed by atoms with Gasteiger partial charge in [-0.3, -0.25) is 4.79 Å². The Bertz CT molecular complexity index is 1020. The summed E-state index contributed by atoms with van der Waals surface area (Å²) in [4.78, 5) is 15.8. The lowest BCUT2D eigenvalue weighted by atomic mass is 9.53. The second-order valence-electron chi connectivity index (χ2n) is 9.98. The molecule has 1 aliphatic heterocycles. The molecule has 0 bridgehead atoms. The molecule has 3 aliphatic carbocycles. The van der Waals surface area contributed by atoms with Crippen LogP contribution >= 0.6 is 0 Å². The van der Waals surface area contributed by atoms with Gasteiger partial charge in [0.25, 0.3) is 0 Å². The van der Waals surface area contributed by atoms with Crippen molar-refractivity contribution >= 4 is 5.78 Å². The molecule has 5 heteroatoms. The van der Waals surface area contributed by atoms with Crippen LogP contribution in [0.2, 0.25) is 0 Å². The highest BCUT2D eigenvalue weighted by Gasteiger charge is 2.63. The molecule has 2 heterocycles. The van der Waals surface area contributed by atoms with Gasteiger partial charge in [0, 0.05) is 35.5 Å². The first kappa shape index (κ1) is 19.4. The topological polar surface area (TPSA) is 51.9 Å². The van der Waals surface area contributed by atoms with Gasteiger partial charge in [0.05, 0.1) is 19.6 Å². The van der Waals surface area contributed by atoms with Crippen molar-refractivity contribution in [3.63, 3.8) is 0 Å². The largest absolute Gasteiger partial charge is 0.493 e. The number of nitrogens with zero attached hydrogens (tertiary/aromatic N) is 1. The zero-order valence-electron chi connectivity index (χ0n) is 18.6. The highest BCUT2D eigenvalue weighted by molar-refractivity contribution is 5.90. The van der Waals surface area contributed by atoms with Crippen LogP contribution in [-0.4, -0.2) is 43.5 Å². The van der Waals surface area contributed by atoms with E-state index in [1.807, 2.05) is 12.3 Å². The molecule has 0 amide bonds. The van der Waals surface area contributed by atoms with Crippen molar-refractivity contribution < 1.29 is 18.7 Å². The average molecular weight is 422 g/mol. The van der Waals surface area contributed by atoms with Gasteiger partial charge in [0.1, 0.15) is 0 Å². The third-order valence-corrected chi connectivity index (χ3v) is 8.50. The molecule has 0 spiro atoms. The zero-order chi connectivity index (χ0) is 21.3. The molecule has 2 saturated carbocycles. The van der Waals surface area contributed by atoms with E-state index in [4.69, 9.17) is 13.9 Å². The number of hydrogen-bond donors (Lipinski definition) is 0. The second kappa shape index (κ2) is 6.86. The Morgan fingerprint density at radius 2 is 2.13 bits per heavy atom. The van der Waals surface area contributed by atoms with Crippen LogP contribution in [0.4, 0.5) is 0 Å². The lowest BCUT2D eigenvalue weighted by Crippen LogP contribution is -2.61. The number of furan rings is 1. The molecule has 4 atom stereocenters. The smallest absolute Gasteiger partial charge is 0.174 e. The van der Waals surface area contributed by atoms with Crippen LogP contribution in [0.5, 0.6) is 11.5 Å². The van der Waals surface area contributed by atoms with Crippen molar-refractivity contribution in [3.8, 4) is 22.6 Å². The van der Waals surface area contributed by atoms with Gasteiger partial charge in [-0.2, -0.15) is 0 Å². The summed E-state index contributed by atoms with van der Waals surface area (Å²) >= 11 is 0. The van der Waals surface area contributed by atoms with Gasteiger partial charge in [-0.1, -0.05) is 6.92 Å². The molecule has 31 heavy (non-hydrogen) atoms. The number of carbonyl (C=O) groups excluding carboxylic acids is 1.